The number of anilines is 2. The molecule has 1 aliphatic heterocycles. The molecule has 2 aromatic heterocycles. The number of aromatic nitrogens is 2. The summed E-state index contributed by atoms with van der Waals surface area (Å²) >= 11 is 0. The molecule has 11 heteroatoms. The fourth-order valence-corrected chi connectivity index (χ4v) is 3.68. The second kappa shape index (κ2) is 7.27. The van der Waals surface area contributed by atoms with Crippen LogP contribution in [0.4, 0.5) is 24.7 Å². The lowest BCUT2D eigenvalue weighted by Crippen LogP contribution is -2.29. The van der Waals surface area contributed by atoms with E-state index in [0.29, 0.717) is 19.2 Å². The highest BCUT2D eigenvalue weighted by Gasteiger charge is 2.30. The Labute approximate surface area is 173 Å². The quantitative estimate of drug-likeness (QED) is 0.538. The largest absolute Gasteiger partial charge is 0.477 e. The molecule has 1 aromatic carbocycles. The summed E-state index contributed by atoms with van der Waals surface area (Å²) in [6.45, 7) is 2.62. The van der Waals surface area contributed by atoms with Crippen LogP contribution in [0, 0.1) is 23.4 Å². The van der Waals surface area contributed by atoms with E-state index in [2.05, 4.69) is 4.98 Å². The summed E-state index contributed by atoms with van der Waals surface area (Å²) in [4.78, 5) is 30.0. The van der Waals surface area contributed by atoms with E-state index in [1.54, 1.807) is 4.90 Å². The zero-order chi connectivity index (χ0) is 22.6. The van der Waals surface area contributed by atoms with E-state index in [1.165, 1.54) is 0 Å². The number of fused-ring (bicyclic) bond motifs is 1. The molecule has 0 radical (unpaired) electrons. The first kappa shape index (κ1) is 20.7. The Morgan fingerprint density at radius 3 is 2.48 bits per heavy atom. The van der Waals surface area contributed by atoms with Crippen LogP contribution >= 0.6 is 0 Å². The van der Waals surface area contributed by atoms with E-state index in [9.17, 15) is 27.9 Å². The average Bonchev–Trinajstić information content (AvgIpc) is 3.03. The maximum Gasteiger partial charge on any atom is 0.341 e. The van der Waals surface area contributed by atoms with Gasteiger partial charge in [0.15, 0.2) is 17.3 Å². The van der Waals surface area contributed by atoms with Crippen LogP contribution in [0.2, 0.25) is 0 Å². The van der Waals surface area contributed by atoms with Crippen molar-refractivity contribution in [2.24, 2.45) is 11.7 Å². The first-order valence-electron chi connectivity index (χ1n) is 9.33. The van der Waals surface area contributed by atoms with Crippen molar-refractivity contribution in [3.63, 3.8) is 0 Å². The molecule has 3 aromatic rings. The second-order valence-electron chi connectivity index (χ2n) is 7.58. The van der Waals surface area contributed by atoms with Gasteiger partial charge in [-0.15, -0.1) is 0 Å². The number of rotatable bonds is 3. The number of hydrogen-bond donors (Lipinski definition) is 3. The molecule has 2 atom stereocenters. The summed E-state index contributed by atoms with van der Waals surface area (Å²) < 4.78 is 44.1. The lowest BCUT2D eigenvalue weighted by Gasteiger charge is -2.20. The predicted octanol–water partition coefficient (Wildman–Crippen LogP) is 1.87. The fourth-order valence-electron chi connectivity index (χ4n) is 3.68. The van der Waals surface area contributed by atoms with Crippen LogP contribution in [-0.4, -0.2) is 39.8 Å². The lowest BCUT2D eigenvalue weighted by molar-refractivity contribution is 0.0695. The lowest BCUT2D eigenvalue weighted by atomic mass is 10.1. The van der Waals surface area contributed by atoms with Crippen molar-refractivity contribution in [3.8, 4) is 5.69 Å². The molecule has 0 spiro atoms. The minimum atomic E-state index is -1.60. The molecule has 162 valence electrons. The second-order valence-corrected chi connectivity index (χ2v) is 7.58. The van der Waals surface area contributed by atoms with Gasteiger partial charge in [-0.3, -0.25) is 9.36 Å². The zero-order valence-electron chi connectivity index (χ0n) is 16.3. The number of nitrogens with two attached hydrogens (primary N) is 2. The average molecular weight is 433 g/mol. The topological polar surface area (TPSA) is 127 Å². The third-order valence-electron chi connectivity index (χ3n) is 5.44. The van der Waals surface area contributed by atoms with Crippen LogP contribution in [-0.2, 0) is 0 Å². The molecule has 1 saturated heterocycles. The zero-order valence-corrected chi connectivity index (χ0v) is 16.3. The normalized spacial score (nSPS) is 18.7. The molecule has 1 fully saturated rings. The summed E-state index contributed by atoms with van der Waals surface area (Å²) in [5.41, 5.74) is 8.88. The molecule has 0 bridgehead atoms. The van der Waals surface area contributed by atoms with Gasteiger partial charge in [0.05, 0.1) is 16.8 Å². The minimum absolute atomic E-state index is 0.0582. The van der Waals surface area contributed by atoms with E-state index in [1.807, 2.05) is 6.92 Å². The Hall–Kier alpha value is -3.60. The van der Waals surface area contributed by atoms with Gasteiger partial charge in [0, 0.05) is 31.4 Å². The number of nitrogen functional groups attached to an aromatic ring is 1. The minimum Gasteiger partial charge on any atom is -0.477 e. The number of carbonyl (C=O) groups is 1. The Balaban J connectivity index is 2.05. The van der Waals surface area contributed by atoms with Gasteiger partial charge in [0.25, 0.3) is 0 Å². The van der Waals surface area contributed by atoms with Crippen molar-refractivity contribution in [3.05, 3.63) is 57.6 Å². The molecule has 0 aliphatic carbocycles. The number of halogens is 3. The van der Waals surface area contributed by atoms with E-state index < -0.39 is 40.1 Å². The van der Waals surface area contributed by atoms with Gasteiger partial charge in [-0.05, 0) is 18.1 Å². The number of nitrogens with zero attached hydrogens (tertiary/aromatic N) is 3. The van der Waals surface area contributed by atoms with Gasteiger partial charge in [0.2, 0.25) is 5.43 Å². The third kappa shape index (κ3) is 3.36. The van der Waals surface area contributed by atoms with Gasteiger partial charge in [-0.2, -0.15) is 0 Å². The van der Waals surface area contributed by atoms with Gasteiger partial charge in [-0.25, -0.2) is 22.9 Å². The summed E-state index contributed by atoms with van der Waals surface area (Å²) in [7, 11) is 0. The monoisotopic (exact) mass is 433 g/mol. The molecular weight excluding hydrogens is 415 g/mol. The molecule has 5 N–H and O–H groups in total. The van der Waals surface area contributed by atoms with E-state index in [-0.39, 0.29) is 34.5 Å². The molecule has 4 rings (SSSR count). The van der Waals surface area contributed by atoms with E-state index in [0.717, 1.165) is 22.9 Å². The van der Waals surface area contributed by atoms with E-state index in [4.69, 9.17) is 11.5 Å². The fraction of sp³-hybridized carbons (Fsp3) is 0.250. The van der Waals surface area contributed by atoms with Crippen LogP contribution < -0.4 is 21.8 Å². The van der Waals surface area contributed by atoms with Gasteiger partial charge >= 0.3 is 5.97 Å². The van der Waals surface area contributed by atoms with Crippen molar-refractivity contribution < 1.29 is 23.1 Å². The smallest absolute Gasteiger partial charge is 0.341 e. The van der Waals surface area contributed by atoms with Crippen LogP contribution in [0.1, 0.15) is 17.3 Å². The number of pyridine rings is 2. The third-order valence-corrected chi connectivity index (χ3v) is 5.44. The highest BCUT2D eigenvalue weighted by atomic mass is 19.1. The Bertz CT molecular complexity index is 1280. The molecule has 0 unspecified atom stereocenters. The van der Waals surface area contributed by atoms with Crippen molar-refractivity contribution >= 4 is 28.5 Å². The van der Waals surface area contributed by atoms with Crippen LogP contribution in [0.3, 0.4) is 0 Å². The predicted molar refractivity (Wildman–Crippen MR) is 108 cm³/mol. The molecular formula is C20H18F3N5O3. The molecule has 0 saturated carbocycles. The highest BCUT2D eigenvalue weighted by molar-refractivity contribution is 5.92. The molecule has 3 heterocycles. The molecule has 0 amide bonds. The first-order chi connectivity index (χ1) is 14.6. The SMILES string of the molecule is C[C@H]1CN(c2nc3c(cc2F)c(=O)c(C(=O)O)cn3-c2cc(N)c(F)cc2F)C[C@@H]1N. The van der Waals surface area contributed by atoms with Crippen LogP contribution in [0.5, 0.6) is 0 Å². The van der Waals surface area contributed by atoms with E-state index >= 15 is 0 Å². The summed E-state index contributed by atoms with van der Waals surface area (Å²) in [6.07, 6.45) is 0.857. The molecule has 8 nitrogen and oxygen atoms in total. The Morgan fingerprint density at radius 1 is 1.16 bits per heavy atom. The Kier molecular flexibility index (Phi) is 4.85. The summed E-state index contributed by atoms with van der Waals surface area (Å²) in [5.74, 6) is -4.58. The number of hydrogen-bond acceptors (Lipinski definition) is 6. The number of aromatic carboxylic acids is 1. The van der Waals surface area contributed by atoms with Crippen molar-refractivity contribution in [2.75, 3.05) is 23.7 Å². The van der Waals surface area contributed by atoms with Gasteiger partial charge in [-0.1, -0.05) is 6.92 Å². The van der Waals surface area contributed by atoms with Gasteiger partial charge in [0.1, 0.15) is 17.2 Å². The number of benzene rings is 1. The van der Waals surface area contributed by atoms with Gasteiger partial charge < -0.3 is 21.5 Å². The first-order valence-corrected chi connectivity index (χ1v) is 9.33. The molecule has 31 heavy (non-hydrogen) atoms. The highest BCUT2D eigenvalue weighted by Crippen LogP contribution is 2.29. The number of carboxylic acids is 1. The summed E-state index contributed by atoms with van der Waals surface area (Å²) in [6, 6.07) is 2.12. The van der Waals surface area contributed by atoms with Crippen molar-refractivity contribution in [1.82, 2.24) is 9.55 Å². The Morgan fingerprint density at radius 2 is 1.87 bits per heavy atom. The van der Waals surface area contributed by atoms with Crippen molar-refractivity contribution in [1.29, 1.82) is 0 Å². The van der Waals surface area contributed by atoms with Crippen molar-refractivity contribution in [2.45, 2.75) is 13.0 Å². The maximum atomic E-state index is 14.9. The molecule has 1 aliphatic rings. The van der Waals surface area contributed by atoms with Crippen LogP contribution in [0.25, 0.3) is 16.7 Å². The van der Waals surface area contributed by atoms with Crippen LogP contribution in [0.15, 0.2) is 29.2 Å². The standard InChI is InChI=1S/C20H18F3N5O3/c1-8-5-27(7-15(8)25)19-13(23)2-9-17(29)10(20(30)31)6-28(18(9)26-19)16-4-14(24)11(21)3-12(16)22/h2-4,6,8,15H,5,7,24-25H2,1H3,(H,30,31)/t8-,15-/m0/s1. The number of carboxylic acid groups (broad SMARTS) is 1. The summed E-state index contributed by atoms with van der Waals surface area (Å²) in [5, 5.41) is 9.02. The maximum absolute atomic E-state index is 14.9.